The minimum atomic E-state index is -2.89. The lowest BCUT2D eigenvalue weighted by Crippen LogP contribution is -2.56. The largest absolute Gasteiger partial charge is 0.458 e. The second-order valence-corrected chi connectivity index (χ2v) is 10.8. The topological polar surface area (TPSA) is 43.4 Å². The number of rotatable bonds is 4. The molecule has 0 aromatic heterocycles. The third-order valence-corrected chi connectivity index (χ3v) is 8.74. The molecule has 0 bridgehead atoms. The Labute approximate surface area is 196 Å². The fourth-order valence-electron chi connectivity index (χ4n) is 7.01. The maximum Gasteiger partial charge on any atom is 0.306 e. The van der Waals surface area contributed by atoms with Gasteiger partial charge in [0.25, 0.3) is 0 Å². The van der Waals surface area contributed by atoms with E-state index in [1.54, 1.807) is 6.92 Å². The maximum atomic E-state index is 13.2. The average Bonchev–Trinajstić information content (AvgIpc) is 3.06. The van der Waals surface area contributed by atoms with Gasteiger partial charge in [0.15, 0.2) is 5.78 Å². The third kappa shape index (κ3) is 3.21. The average molecular weight is 424 g/mol. The Morgan fingerprint density at radius 2 is 2.03 bits per heavy atom. The van der Waals surface area contributed by atoms with Gasteiger partial charge in [0.1, 0.15) is 5.60 Å². The SMILES string of the molecule is [2H]C([2H])([2H])[C@]1(OC(=O)CCC(C)C)C(C)C[C@H]2[C@@H]3CCC4=CC(=O)CC[C@]4(C([2H])([2H])[2H])[C@H]3CC[C@@]21C([2H])([2H])[2H]. The van der Waals surface area contributed by atoms with Crippen molar-refractivity contribution in [2.45, 2.75) is 105 Å². The van der Waals surface area contributed by atoms with Gasteiger partial charge >= 0.3 is 5.97 Å². The minimum absolute atomic E-state index is 0.000357. The summed E-state index contributed by atoms with van der Waals surface area (Å²) >= 11 is 0. The zero-order chi connectivity index (χ0) is 29.4. The fourth-order valence-corrected chi connectivity index (χ4v) is 7.01. The lowest BCUT2D eigenvalue weighted by atomic mass is 9.46. The number of hydrogen-bond acceptors (Lipinski definition) is 3. The third-order valence-electron chi connectivity index (χ3n) is 8.74. The van der Waals surface area contributed by atoms with Gasteiger partial charge in [-0.25, -0.2) is 0 Å². The first kappa shape index (κ1) is 13.4. The number of ketones is 1. The van der Waals surface area contributed by atoms with Crippen LogP contribution in [0, 0.1) is 40.4 Å². The van der Waals surface area contributed by atoms with Gasteiger partial charge in [0.05, 0.1) is 0 Å². The maximum absolute atomic E-state index is 13.2. The molecular formula is C27H42O3. The van der Waals surface area contributed by atoms with Crippen LogP contribution in [0.4, 0.5) is 0 Å². The van der Waals surface area contributed by atoms with Gasteiger partial charge in [0.2, 0.25) is 0 Å². The van der Waals surface area contributed by atoms with Crippen molar-refractivity contribution in [3.05, 3.63) is 11.6 Å². The second kappa shape index (κ2) is 7.48. The molecule has 3 saturated carbocycles. The summed E-state index contributed by atoms with van der Waals surface area (Å²) < 4.78 is 84.1. The predicted molar refractivity (Wildman–Crippen MR) is 120 cm³/mol. The Hall–Kier alpha value is -1.12. The number of carbonyl (C=O) groups excluding carboxylic acids is 2. The molecule has 4 aliphatic rings. The first-order valence-electron chi connectivity index (χ1n) is 16.2. The monoisotopic (exact) mass is 423 g/mol. The van der Waals surface area contributed by atoms with Gasteiger partial charge in [-0.1, -0.05) is 40.0 Å². The highest BCUT2D eigenvalue weighted by Gasteiger charge is 2.66. The summed E-state index contributed by atoms with van der Waals surface area (Å²) in [5.74, 6) is -2.79. The van der Waals surface area contributed by atoms with E-state index in [1.165, 1.54) is 6.08 Å². The fraction of sp³-hybridized carbons (Fsp3) is 0.852. The minimum Gasteiger partial charge on any atom is -0.458 e. The number of allylic oxidation sites excluding steroid dienone is 1. The molecule has 3 heteroatoms. The second-order valence-electron chi connectivity index (χ2n) is 10.8. The van der Waals surface area contributed by atoms with Crippen LogP contribution in [0.25, 0.3) is 0 Å². The normalized spacial score (nSPS) is 51.1. The Balaban J connectivity index is 1.87. The molecule has 0 aromatic rings. The lowest BCUT2D eigenvalue weighted by Gasteiger charge is -2.59. The summed E-state index contributed by atoms with van der Waals surface area (Å²) in [4.78, 5) is 25.5. The van der Waals surface area contributed by atoms with Crippen molar-refractivity contribution in [2.75, 3.05) is 0 Å². The first-order chi connectivity index (χ1) is 17.8. The lowest BCUT2D eigenvalue weighted by molar-refractivity contribution is -0.186. The van der Waals surface area contributed by atoms with Crippen LogP contribution < -0.4 is 0 Å². The predicted octanol–water partition coefficient (Wildman–Crippen LogP) is 6.50. The standard InChI is InChI=1S/C27H42O3/c1-17(2)7-10-24(29)30-27(6)18(3)15-23-21-9-8-19-16-20(28)11-13-25(19,4)22(21)12-14-26(23,27)5/h16-18,21-23H,7-15H2,1-6H3/t18?,21-,22+,23+,25+,26+,27+/m1/s1/i4D3,5D3,6D3. The molecule has 168 valence electrons. The molecule has 1 unspecified atom stereocenters. The summed E-state index contributed by atoms with van der Waals surface area (Å²) in [5, 5.41) is 0. The summed E-state index contributed by atoms with van der Waals surface area (Å²) in [6, 6.07) is 0. The molecule has 0 amide bonds. The Morgan fingerprint density at radius 1 is 1.20 bits per heavy atom. The van der Waals surface area contributed by atoms with Gasteiger partial charge in [-0.15, -0.1) is 0 Å². The molecule has 0 spiro atoms. The van der Waals surface area contributed by atoms with E-state index in [0.717, 1.165) is 0 Å². The highest BCUT2D eigenvalue weighted by atomic mass is 16.6. The van der Waals surface area contributed by atoms with Crippen molar-refractivity contribution in [3.63, 3.8) is 0 Å². The van der Waals surface area contributed by atoms with Crippen LogP contribution in [-0.4, -0.2) is 17.4 Å². The van der Waals surface area contributed by atoms with Crippen LogP contribution in [0.1, 0.15) is 111 Å². The molecule has 30 heavy (non-hydrogen) atoms. The number of esters is 1. The van der Waals surface area contributed by atoms with Crippen molar-refractivity contribution in [2.24, 2.45) is 40.4 Å². The van der Waals surface area contributed by atoms with Crippen molar-refractivity contribution >= 4 is 11.8 Å². The van der Waals surface area contributed by atoms with E-state index in [1.807, 2.05) is 13.8 Å². The molecule has 4 aliphatic carbocycles. The van der Waals surface area contributed by atoms with E-state index < -0.39 is 60.7 Å². The molecular weight excluding hydrogens is 372 g/mol. The summed E-state index contributed by atoms with van der Waals surface area (Å²) in [7, 11) is 0. The number of carbonyl (C=O) groups is 2. The number of fused-ring (bicyclic) bond motifs is 5. The van der Waals surface area contributed by atoms with E-state index in [9.17, 15) is 9.59 Å². The van der Waals surface area contributed by atoms with E-state index in [-0.39, 0.29) is 56.1 Å². The van der Waals surface area contributed by atoms with Gasteiger partial charge in [-0.05, 0) is 92.9 Å². The molecule has 4 rings (SSSR count). The Kier molecular flexibility index (Phi) is 3.35. The van der Waals surface area contributed by atoms with E-state index >= 15 is 0 Å². The summed E-state index contributed by atoms with van der Waals surface area (Å²) in [6.07, 6.45) is 3.50. The van der Waals surface area contributed by atoms with Crippen molar-refractivity contribution in [1.82, 2.24) is 0 Å². The van der Waals surface area contributed by atoms with Crippen molar-refractivity contribution < 1.29 is 26.7 Å². The van der Waals surface area contributed by atoms with Crippen LogP contribution in [0.2, 0.25) is 0 Å². The molecule has 0 radical (unpaired) electrons. The van der Waals surface area contributed by atoms with Gasteiger partial charge in [-0.2, -0.15) is 0 Å². The van der Waals surface area contributed by atoms with E-state index in [4.69, 9.17) is 17.1 Å². The van der Waals surface area contributed by atoms with E-state index in [2.05, 4.69) is 0 Å². The van der Waals surface area contributed by atoms with Gasteiger partial charge in [-0.3, -0.25) is 9.59 Å². The molecule has 0 heterocycles. The van der Waals surface area contributed by atoms with Crippen LogP contribution in [-0.2, 0) is 14.3 Å². The summed E-state index contributed by atoms with van der Waals surface area (Å²) in [6.45, 7) is -2.48. The zero-order valence-electron chi connectivity index (χ0n) is 27.6. The first-order valence-corrected chi connectivity index (χ1v) is 11.7. The molecule has 0 aliphatic heterocycles. The quantitative estimate of drug-likeness (QED) is 0.485. The van der Waals surface area contributed by atoms with Gasteiger partial charge in [0, 0.05) is 30.6 Å². The van der Waals surface area contributed by atoms with Crippen LogP contribution >= 0.6 is 0 Å². The Bertz CT molecular complexity index is 1030. The van der Waals surface area contributed by atoms with E-state index in [0.29, 0.717) is 24.8 Å². The zero-order valence-corrected chi connectivity index (χ0v) is 18.6. The van der Waals surface area contributed by atoms with Crippen LogP contribution in [0.3, 0.4) is 0 Å². The highest BCUT2D eigenvalue weighted by Crippen LogP contribution is 2.69. The number of ether oxygens (including phenoxy) is 1. The van der Waals surface area contributed by atoms with Crippen molar-refractivity contribution in [3.8, 4) is 0 Å². The summed E-state index contributed by atoms with van der Waals surface area (Å²) in [5.41, 5.74) is -4.64. The smallest absolute Gasteiger partial charge is 0.306 e. The van der Waals surface area contributed by atoms with Gasteiger partial charge < -0.3 is 4.74 Å². The molecule has 0 N–H and O–H groups in total. The number of hydrogen-bond donors (Lipinski definition) is 0. The van der Waals surface area contributed by atoms with Crippen LogP contribution in [0.5, 0.6) is 0 Å². The highest BCUT2D eigenvalue weighted by molar-refractivity contribution is 5.91. The molecule has 0 saturated heterocycles. The molecule has 0 aromatic carbocycles. The molecule has 3 fully saturated rings. The van der Waals surface area contributed by atoms with Crippen molar-refractivity contribution in [1.29, 1.82) is 0 Å². The van der Waals surface area contributed by atoms with Crippen LogP contribution in [0.15, 0.2) is 11.6 Å². The molecule has 3 nitrogen and oxygen atoms in total. The molecule has 7 atom stereocenters. The Morgan fingerprint density at radius 3 is 2.73 bits per heavy atom.